The molecule has 0 saturated carbocycles. The van der Waals surface area contributed by atoms with Gasteiger partial charge in [0.15, 0.2) is 0 Å². The number of methoxy groups -OCH3 is 2. The normalized spacial score (nSPS) is 10.8. The van der Waals surface area contributed by atoms with E-state index in [1.807, 2.05) is 42.6 Å². The number of aromatic nitrogens is 1. The second-order valence-corrected chi connectivity index (χ2v) is 9.73. The van der Waals surface area contributed by atoms with Gasteiger partial charge in [0.25, 0.3) is 0 Å². The molecule has 40 heavy (non-hydrogen) atoms. The molecule has 7 nitrogen and oxygen atoms in total. The summed E-state index contributed by atoms with van der Waals surface area (Å²) in [6, 6.07) is 28.9. The van der Waals surface area contributed by atoms with Crippen molar-refractivity contribution in [3.8, 4) is 11.5 Å². The molecular weight excluding hydrogens is 502 g/mol. The van der Waals surface area contributed by atoms with Crippen molar-refractivity contribution in [1.82, 2.24) is 4.98 Å². The van der Waals surface area contributed by atoms with E-state index < -0.39 is 0 Å². The summed E-state index contributed by atoms with van der Waals surface area (Å²) in [4.78, 5) is 9.03. The average Bonchev–Trinajstić information content (AvgIpc) is 2.99. The largest absolute Gasteiger partial charge is 0.497 e. The van der Waals surface area contributed by atoms with Gasteiger partial charge in [-0.2, -0.15) is 0 Å². The van der Waals surface area contributed by atoms with Crippen LogP contribution >= 0.6 is 0 Å². The molecule has 3 aromatic carbocycles. The van der Waals surface area contributed by atoms with Crippen LogP contribution in [-0.2, 0) is 35.8 Å². The molecule has 1 aromatic heterocycles. The number of rotatable bonds is 15. The van der Waals surface area contributed by atoms with Crippen LogP contribution in [0.1, 0.15) is 22.4 Å². The quantitative estimate of drug-likeness (QED) is 0.168. The van der Waals surface area contributed by atoms with Gasteiger partial charge in [0.05, 0.1) is 46.3 Å². The molecular formula is C33H39N3O4. The van der Waals surface area contributed by atoms with Gasteiger partial charge in [0, 0.05) is 44.8 Å². The van der Waals surface area contributed by atoms with Crippen LogP contribution in [-0.4, -0.2) is 46.5 Å². The molecule has 0 saturated heterocycles. The lowest BCUT2D eigenvalue weighted by Gasteiger charge is -2.26. The maximum absolute atomic E-state index is 5.89. The molecule has 0 aliphatic carbocycles. The SMILES string of the molecule is COc1cccc(COCCOCc2cc(N(Cc3cccc(OC)c3)Cc3cccc(N(C)C)c3)ccn2)c1. The summed E-state index contributed by atoms with van der Waals surface area (Å²) in [5, 5.41) is 0. The summed E-state index contributed by atoms with van der Waals surface area (Å²) in [6.45, 7) is 3.40. The molecule has 0 bridgehead atoms. The van der Waals surface area contributed by atoms with E-state index in [2.05, 4.69) is 77.4 Å². The number of nitrogens with zero attached hydrogens (tertiary/aromatic N) is 3. The minimum Gasteiger partial charge on any atom is -0.497 e. The second-order valence-electron chi connectivity index (χ2n) is 9.73. The van der Waals surface area contributed by atoms with E-state index in [4.69, 9.17) is 18.9 Å². The number of hydrogen-bond acceptors (Lipinski definition) is 7. The molecule has 0 aliphatic heterocycles. The summed E-state index contributed by atoms with van der Waals surface area (Å²) in [5.41, 5.74) is 6.61. The number of ether oxygens (including phenoxy) is 4. The van der Waals surface area contributed by atoms with Crippen molar-refractivity contribution in [2.24, 2.45) is 0 Å². The van der Waals surface area contributed by atoms with Gasteiger partial charge in [-0.1, -0.05) is 36.4 Å². The predicted molar refractivity (Wildman–Crippen MR) is 160 cm³/mol. The Morgan fingerprint density at radius 3 is 1.90 bits per heavy atom. The van der Waals surface area contributed by atoms with Crippen molar-refractivity contribution < 1.29 is 18.9 Å². The molecule has 7 heteroatoms. The standard InChI is InChI=1S/C33H39N3O4/c1-35(2)30-11-5-8-26(18-30)22-36(23-27-9-6-12-32(19-27)37-3)31-14-15-34-29(21-31)25-40-17-16-39-24-28-10-7-13-33(20-28)38-4/h5-15,18-21H,16-17,22-25H2,1-4H3. The molecule has 0 spiro atoms. The van der Waals surface area contributed by atoms with Crippen LogP contribution in [0, 0.1) is 0 Å². The summed E-state index contributed by atoms with van der Waals surface area (Å²) in [6.07, 6.45) is 1.85. The minimum atomic E-state index is 0.416. The molecule has 210 valence electrons. The van der Waals surface area contributed by atoms with Gasteiger partial charge >= 0.3 is 0 Å². The fraction of sp³-hybridized carbons (Fsp3) is 0.303. The maximum Gasteiger partial charge on any atom is 0.119 e. The van der Waals surface area contributed by atoms with E-state index in [-0.39, 0.29) is 0 Å². The third kappa shape index (κ3) is 8.73. The van der Waals surface area contributed by atoms with Crippen LogP contribution in [0.15, 0.2) is 91.1 Å². The molecule has 4 rings (SSSR count). The lowest BCUT2D eigenvalue weighted by Crippen LogP contribution is -2.22. The Labute approximate surface area is 237 Å². The fourth-order valence-electron chi connectivity index (χ4n) is 4.37. The first-order valence-corrected chi connectivity index (χ1v) is 13.4. The van der Waals surface area contributed by atoms with E-state index in [9.17, 15) is 0 Å². The first kappa shape index (κ1) is 28.9. The van der Waals surface area contributed by atoms with Gasteiger partial charge in [0.2, 0.25) is 0 Å². The number of anilines is 2. The third-order valence-corrected chi connectivity index (χ3v) is 6.50. The van der Waals surface area contributed by atoms with E-state index in [0.717, 1.165) is 41.5 Å². The van der Waals surface area contributed by atoms with Gasteiger partial charge in [-0.3, -0.25) is 4.98 Å². The highest BCUT2D eigenvalue weighted by Crippen LogP contribution is 2.24. The Balaban J connectivity index is 1.39. The number of pyridine rings is 1. The molecule has 0 amide bonds. The highest BCUT2D eigenvalue weighted by atomic mass is 16.5. The molecule has 0 unspecified atom stereocenters. The van der Waals surface area contributed by atoms with Crippen molar-refractivity contribution in [3.63, 3.8) is 0 Å². The Bertz CT molecular complexity index is 1340. The van der Waals surface area contributed by atoms with Crippen LogP contribution in [0.25, 0.3) is 0 Å². The molecule has 0 aliphatic rings. The highest BCUT2D eigenvalue weighted by molar-refractivity contribution is 5.51. The Morgan fingerprint density at radius 2 is 1.23 bits per heavy atom. The van der Waals surface area contributed by atoms with E-state index in [1.54, 1.807) is 14.2 Å². The predicted octanol–water partition coefficient (Wildman–Crippen LogP) is 6.11. The monoisotopic (exact) mass is 541 g/mol. The molecule has 0 N–H and O–H groups in total. The molecule has 0 radical (unpaired) electrons. The Kier molecular flexibility index (Phi) is 10.8. The summed E-state index contributed by atoms with van der Waals surface area (Å²) < 4.78 is 22.4. The van der Waals surface area contributed by atoms with E-state index >= 15 is 0 Å². The van der Waals surface area contributed by atoms with Crippen LogP contribution < -0.4 is 19.3 Å². The second kappa shape index (κ2) is 14.9. The molecule has 0 atom stereocenters. The molecule has 0 fully saturated rings. The van der Waals surface area contributed by atoms with Gasteiger partial charge in [0.1, 0.15) is 11.5 Å². The highest BCUT2D eigenvalue weighted by Gasteiger charge is 2.12. The lowest BCUT2D eigenvalue weighted by atomic mass is 10.1. The summed E-state index contributed by atoms with van der Waals surface area (Å²) in [5.74, 6) is 1.68. The Hall–Kier alpha value is -4.07. The number of benzene rings is 3. The zero-order valence-electron chi connectivity index (χ0n) is 23.9. The third-order valence-electron chi connectivity index (χ3n) is 6.50. The van der Waals surface area contributed by atoms with E-state index in [1.165, 1.54) is 16.8 Å². The fourth-order valence-corrected chi connectivity index (χ4v) is 4.37. The average molecular weight is 542 g/mol. The van der Waals surface area contributed by atoms with Gasteiger partial charge in [-0.25, -0.2) is 0 Å². The first-order chi connectivity index (χ1) is 19.5. The van der Waals surface area contributed by atoms with Gasteiger partial charge in [-0.05, 0) is 65.2 Å². The van der Waals surface area contributed by atoms with Crippen LogP contribution in [0.3, 0.4) is 0 Å². The minimum absolute atomic E-state index is 0.416. The molecule has 4 aromatic rings. The smallest absolute Gasteiger partial charge is 0.119 e. The zero-order valence-corrected chi connectivity index (χ0v) is 23.9. The van der Waals surface area contributed by atoms with Gasteiger partial charge in [-0.15, -0.1) is 0 Å². The maximum atomic E-state index is 5.89. The van der Waals surface area contributed by atoms with Crippen molar-refractivity contribution in [3.05, 3.63) is 114 Å². The Morgan fingerprint density at radius 1 is 0.625 bits per heavy atom. The van der Waals surface area contributed by atoms with Crippen LogP contribution in [0.2, 0.25) is 0 Å². The van der Waals surface area contributed by atoms with Crippen molar-refractivity contribution >= 4 is 11.4 Å². The topological polar surface area (TPSA) is 56.3 Å². The van der Waals surface area contributed by atoms with Crippen molar-refractivity contribution in [2.75, 3.05) is 51.3 Å². The van der Waals surface area contributed by atoms with Crippen molar-refractivity contribution in [2.45, 2.75) is 26.3 Å². The summed E-state index contributed by atoms with van der Waals surface area (Å²) in [7, 11) is 7.48. The van der Waals surface area contributed by atoms with E-state index in [0.29, 0.717) is 26.4 Å². The van der Waals surface area contributed by atoms with Gasteiger partial charge < -0.3 is 28.7 Å². The first-order valence-electron chi connectivity index (χ1n) is 13.4. The van der Waals surface area contributed by atoms with Crippen molar-refractivity contribution in [1.29, 1.82) is 0 Å². The molecule has 1 heterocycles. The lowest BCUT2D eigenvalue weighted by molar-refractivity contribution is 0.0328. The van der Waals surface area contributed by atoms with Crippen LogP contribution in [0.4, 0.5) is 11.4 Å². The zero-order chi connectivity index (χ0) is 28.2. The summed E-state index contributed by atoms with van der Waals surface area (Å²) >= 11 is 0. The van der Waals surface area contributed by atoms with Crippen LogP contribution in [0.5, 0.6) is 11.5 Å². The number of hydrogen-bond donors (Lipinski definition) is 0.